The molecule has 2 saturated heterocycles. The van der Waals surface area contributed by atoms with E-state index in [1.165, 1.54) is 0 Å². The number of likely N-dealkylation sites (tertiary alicyclic amines) is 2. The third-order valence-electron chi connectivity index (χ3n) is 4.86. The number of hydrogen-bond acceptors (Lipinski definition) is 2. The minimum Gasteiger partial charge on any atom is -0.481 e. The van der Waals surface area contributed by atoms with Crippen molar-refractivity contribution in [1.29, 1.82) is 0 Å². The zero-order chi connectivity index (χ0) is 14.9. The Labute approximate surface area is 120 Å². The van der Waals surface area contributed by atoms with E-state index in [1.54, 1.807) is 0 Å². The molecule has 2 fully saturated rings. The number of urea groups is 1. The van der Waals surface area contributed by atoms with Crippen LogP contribution >= 0.6 is 0 Å². The maximum atomic E-state index is 12.6. The normalized spacial score (nSPS) is 30.1. The Morgan fingerprint density at radius 3 is 2.25 bits per heavy atom. The number of aliphatic carboxylic acids is 1. The molecule has 0 bridgehead atoms. The van der Waals surface area contributed by atoms with Crippen LogP contribution in [-0.4, -0.2) is 52.6 Å². The first-order valence-corrected chi connectivity index (χ1v) is 7.58. The third kappa shape index (κ3) is 3.25. The molecule has 2 rings (SSSR count). The molecule has 20 heavy (non-hydrogen) atoms. The van der Waals surface area contributed by atoms with Crippen molar-refractivity contribution in [3.8, 4) is 0 Å². The number of carbonyl (C=O) groups is 2. The quantitative estimate of drug-likeness (QED) is 0.803. The highest BCUT2D eigenvalue weighted by Gasteiger charge is 2.36. The fourth-order valence-electron chi connectivity index (χ4n) is 3.17. The van der Waals surface area contributed by atoms with Crippen LogP contribution in [0.1, 0.15) is 46.5 Å². The minimum absolute atomic E-state index is 0.0206. The van der Waals surface area contributed by atoms with Crippen molar-refractivity contribution in [3.63, 3.8) is 0 Å². The second-order valence-corrected chi connectivity index (χ2v) is 7.04. The molecule has 2 atom stereocenters. The van der Waals surface area contributed by atoms with Gasteiger partial charge < -0.3 is 14.9 Å². The van der Waals surface area contributed by atoms with Crippen LogP contribution in [-0.2, 0) is 4.79 Å². The Morgan fingerprint density at radius 2 is 1.75 bits per heavy atom. The van der Waals surface area contributed by atoms with Gasteiger partial charge in [-0.15, -0.1) is 0 Å². The van der Waals surface area contributed by atoms with E-state index in [2.05, 4.69) is 13.8 Å². The van der Waals surface area contributed by atoms with Crippen molar-refractivity contribution in [2.24, 2.45) is 11.3 Å². The van der Waals surface area contributed by atoms with Gasteiger partial charge in [0.05, 0.1) is 5.92 Å². The summed E-state index contributed by atoms with van der Waals surface area (Å²) < 4.78 is 0. The van der Waals surface area contributed by atoms with Gasteiger partial charge in [0.15, 0.2) is 0 Å². The number of carboxylic acid groups (broad SMARTS) is 1. The second-order valence-electron chi connectivity index (χ2n) is 7.04. The standard InChI is InChI=1S/C15H26N2O3/c1-11-10-12(13(18)19)4-7-17(11)14(20)16-8-5-15(2,3)6-9-16/h11-12H,4-10H2,1-3H3,(H,18,19). The van der Waals surface area contributed by atoms with E-state index >= 15 is 0 Å². The Morgan fingerprint density at radius 1 is 1.15 bits per heavy atom. The van der Waals surface area contributed by atoms with Crippen molar-refractivity contribution < 1.29 is 14.7 Å². The van der Waals surface area contributed by atoms with Gasteiger partial charge in [-0.2, -0.15) is 0 Å². The predicted octanol–water partition coefficient (Wildman–Crippen LogP) is 2.41. The van der Waals surface area contributed by atoms with Crippen molar-refractivity contribution >= 4 is 12.0 Å². The van der Waals surface area contributed by atoms with E-state index in [0.717, 1.165) is 25.9 Å². The summed E-state index contributed by atoms with van der Waals surface area (Å²) in [5.41, 5.74) is 0.332. The average molecular weight is 282 g/mol. The van der Waals surface area contributed by atoms with Gasteiger partial charge in [0.25, 0.3) is 0 Å². The molecule has 5 heteroatoms. The number of carbonyl (C=O) groups excluding carboxylic acids is 1. The molecule has 0 radical (unpaired) electrons. The second kappa shape index (κ2) is 5.62. The van der Waals surface area contributed by atoms with Gasteiger partial charge in [-0.1, -0.05) is 13.8 Å². The summed E-state index contributed by atoms with van der Waals surface area (Å²) in [5, 5.41) is 9.07. The molecule has 0 aromatic rings. The lowest BCUT2D eigenvalue weighted by Gasteiger charge is -2.43. The zero-order valence-electron chi connectivity index (χ0n) is 12.8. The zero-order valence-corrected chi connectivity index (χ0v) is 12.8. The fraction of sp³-hybridized carbons (Fsp3) is 0.867. The number of rotatable bonds is 1. The van der Waals surface area contributed by atoms with E-state index in [1.807, 2.05) is 16.7 Å². The van der Waals surface area contributed by atoms with Gasteiger partial charge in [-0.25, -0.2) is 4.79 Å². The van der Waals surface area contributed by atoms with Crippen molar-refractivity contribution in [3.05, 3.63) is 0 Å². The average Bonchev–Trinajstić information content (AvgIpc) is 2.37. The molecule has 2 heterocycles. The highest BCUT2D eigenvalue weighted by molar-refractivity contribution is 5.76. The van der Waals surface area contributed by atoms with Gasteiger partial charge in [-0.05, 0) is 38.0 Å². The van der Waals surface area contributed by atoms with Crippen LogP contribution in [0.3, 0.4) is 0 Å². The molecule has 0 saturated carbocycles. The van der Waals surface area contributed by atoms with Crippen LogP contribution in [0.15, 0.2) is 0 Å². The summed E-state index contributed by atoms with van der Waals surface area (Å²) in [7, 11) is 0. The number of hydrogen-bond donors (Lipinski definition) is 1. The summed E-state index contributed by atoms with van der Waals surface area (Å²) in [6.45, 7) is 8.65. The van der Waals surface area contributed by atoms with Gasteiger partial charge in [0.2, 0.25) is 0 Å². The molecule has 5 nitrogen and oxygen atoms in total. The molecular formula is C15H26N2O3. The van der Waals surface area contributed by atoms with E-state index in [-0.39, 0.29) is 18.0 Å². The molecule has 114 valence electrons. The Kier molecular flexibility index (Phi) is 4.25. The Bertz CT molecular complexity index is 385. The topological polar surface area (TPSA) is 60.9 Å². The van der Waals surface area contributed by atoms with Gasteiger partial charge in [0.1, 0.15) is 0 Å². The largest absolute Gasteiger partial charge is 0.481 e. The van der Waals surface area contributed by atoms with Crippen LogP contribution in [0.2, 0.25) is 0 Å². The Balaban J connectivity index is 1.92. The van der Waals surface area contributed by atoms with E-state index < -0.39 is 5.97 Å². The van der Waals surface area contributed by atoms with Gasteiger partial charge >= 0.3 is 12.0 Å². The van der Waals surface area contributed by atoms with Crippen molar-refractivity contribution in [1.82, 2.24) is 9.80 Å². The summed E-state index contributed by atoms with van der Waals surface area (Å²) in [5.74, 6) is -1.03. The summed E-state index contributed by atoms with van der Waals surface area (Å²) in [6, 6.07) is 0.115. The smallest absolute Gasteiger partial charge is 0.320 e. The SMILES string of the molecule is CC1CC(C(=O)O)CCN1C(=O)N1CCC(C)(C)CC1. The number of amides is 2. The number of piperidine rings is 2. The highest BCUT2D eigenvalue weighted by Crippen LogP contribution is 2.31. The molecule has 2 amide bonds. The summed E-state index contributed by atoms with van der Waals surface area (Å²) in [6.07, 6.45) is 3.22. The maximum absolute atomic E-state index is 12.6. The van der Waals surface area contributed by atoms with Crippen LogP contribution < -0.4 is 0 Å². The van der Waals surface area contributed by atoms with E-state index in [0.29, 0.717) is 24.8 Å². The van der Waals surface area contributed by atoms with Gasteiger partial charge in [0, 0.05) is 25.7 Å². The molecule has 0 aromatic carbocycles. The highest BCUT2D eigenvalue weighted by atomic mass is 16.4. The monoisotopic (exact) mass is 282 g/mol. The van der Waals surface area contributed by atoms with Crippen molar-refractivity contribution in [2.45, 2.75) is 52.5 Å². The predicted molar refractivity (Wildman–Crippen MR) is 76.5 cm³/mol. The van der Waals surface area contributed by atoms with E-state index in [9.17, 15) is 9.59 Å². The number of nitrogens with zero attached hydrogens (tertiary/aromatic N) is 2. The van der Waals surface area contributed by atoms with Crippen LogP contribution in [0.5, 0.6) is 0 Å². The molecule has 0 spiro atoms. The molecule has 0 aromatic heterocycles. The molecule has 1 N–H and O–H groups in total. The van der Waals surface area contributed by atoms with Crippen LogP contribution in [0.25, 0.3) is 0 Å². The molecule has 0 aliphatic carbocycles. The third-order valence-corrected chi connectivity index (χ3v) is 4.86. The summed E-state index contributed by atoms with van der Waals surface area (Å²) in [4.78, 5) is 27.4. The fourth-order valence-corrected chi connectivity index (χ4v) is 3.17. The van der Waals surface area contributed by atoms with Crippen LogP contribution in [0, 0.1) is 11.3 Å². The first-order valence-electron chi connectivity index (χ1n) is 7.58. The molecule has 2 aliphatic heterocycles. The lowest BCUT2D eigenvalue weighted by Crippen LogP contribution is -2.53. The summed E-state index contributed by atoms with van der Waals surface area (Å²) >= 11 is 0. The van der Waals surface area contributed by atoms with Crippen molar-refractivity contribution in [2.75, 3.05) is 19.6 Å². The van der Waals surface area contributed by atoms with E-state index in [4.69, 9.17) is 5.11 Å². The molecule has 2 unspecified atom stereocenters. The lowest BCUT2D eigenvalue weighted by molar-refractivity contribution is -0.143. The lowest BCUT2D eigenvalue weighted by atomic mass is 9.83. The molecular weight excluding hydrogens is 256 g/mol. The minimum atomic E-state index is -0.733. The van der Waals surface area contributed by atoms with Gasteiger partial charge in [-0.3, -0.25) is 4.79 Å². The number of carboxylic acids is 1. The Hall–Kier alpha value is -1.26. The first-order chi connectivity index (χ1) is 9.30. The maximum Gasteiger partial charge on any atom is 0.320 e. The first kappa shape index (κ1) is 15.1. The molecule has 2 aliphatic rings. The van der Waals surface area contributed by atoms with Crippen LogP contribution in [0.4, 0.5) is 4.79 Å².